The van der Waals surface area contributed by atoms with Crippen molar-refractivity contribution in [3.8, 4) is 11.1 Å². The summed E-state index contributed by atoms with van der Waals surface area (Å²) in [6.07, 6.45) is 1.85. The summed E-state index contributed by atoms with van der Waals surface area (Å²) in [5.41, 5.74) is 2.31. The van der Waals surface area contributed by atoms with Gasteiger partial charge in [0.25, 0.3) is 5.91 Å². The van der Waals surface area contributed by atoms with Crippen molar-refractivity contribution in [2.75, 3.05) is 19.6 Å². The Hall–Kier alpha value is -3.74. The number of nitrogens with zero attached hydrogens (tertiary/aromatic N) is 3. The molecule has 4 rings (SSSR count). The molecule has 2 amide bonds. The SMILES string of the molecule is CCN1CCN(C(=O)c2ccc(=O)n(C)c2)C(Cc2ccc(-c3ccccc3F)cc2)C1=O. The van der Waals surface area contributed by atoms with Gasteiger partial charge < -0.3 is 14.4 Å². The Morgan fingerprint density at radius 3 is 2.39 bits per heavy atom. The predicted octanol–water partition coefficient (Wildman–Crippen LogP) is 3.11. The van der Waals surface area contributed by atoms with Crippen molar-refractivity contribution >= 4 is 11.8 Å². The summed E-state index contributed by atoms with van der Waals surface area (Å²) in [6.45, 7) is 3.38. The maximum Gasteiger partial charge on any atom is 0.256 e. The van der Waals surface area contributed by atoms with E-state index in [1.54, 1.807) is 35.0 Å². The van der Waals surface area contributed by atoms with E-state index in [0.29, 0.717) is 37.2 Å². The number of rotatable bonds is 5. The molecule has 170 valence electrons. The Morgan fingerprint density at radius 2 is 1.73 bits per heavy atom. The minimum absolute atomic E-state index is 0.0971. The molecule has 0 bridgehead atoms. The Kier molecular flexibility index (Phi) is 6.40. The minimum atomic E-state index is -0.650. The summed E-state index contributed by atoms with van der Waals surface area (Å²) in [5.74, 6) is -0.664. The molecule has 33 heavy (non-hydrogen) atoms. The molecule has 1 atom stereocenters. The molecule has 7 heteroatoms. The van der Waals surface area contributed by atoms with Gasteiger partial charge in [0.1, 0.15) is 11.9 Å². The van der Waals surface area contributed by atoms with E-state index < -0.39 is 6.04 Å². The van der Waals surface area contributed by atoms with Crippen molar-refractivity contribution < 1.29 is 14.0 Å². The number of halogens is 1. The summed E-state index contributed by atoms with van der Waals surface area (Å²) in [5, 5.41) is 0. The second-order valence-corrected chi connectivity index (χ2v) is 8.18. The minimum Gasteiger partial charge on any atom is -0.339 e. The van der Waals surface area contributed by atoms with Gasteiger partial charge in [-0.2, -0.15) is 0 Å². The lowest BCUT2D eigenvalue weighted by Gasteiger charge is -2.40. The third-order valence-electron chi connectivity index (χ3n) is 6.13. The first-order valence-corrected chi connectivity index (χ1v) is 11.0. The Balaban J connectivity index is 1.61. The van der Waals surface area contributed by atoms with E-state index in [1.807, 2.05) is 31.2 Å². The summed E-state index contributed by atoms with van der Waals surface area (Å²) < 4.78 is 15.5. The quantitative estimate of drug-likeness (QED) is 0.604. The summed E-state index contributed by atoms with van der Waals surface area (Å²) in [6, 6.07) is 16.2. The van der Waals surface area contributed by atoms with E-state index in [0.717, 1.165) is 11.1 Å². The van der Waals surface area contributed by atoms with Gasteiger partial charge in [0.15, 0.2) is 0 Å². The highest BCUT2D eigenvalue weighted by atomic mass is 19.1. The fourth-order valence-corrected chi connectivity index (χ4v) is 4.22. The van der Waals surface area contributed by atoms with Crippen molar-refractivity contribution in [2.45, 2.75) is 19.4 Å². The van der Waals surface area contributed by atoms with E-state index >= 15 is 0 Å². The Bertz CT molecular complexity index is 1240. The molecular weight excluding hydrogens is 421 g/mol. The highest BCUT2D eigenvalue weighted by Gasteiger charge is 2.37. The molecule has 1 aromatic heterocycles. The molecular formula is C26H26FN3O3. The Morgan fingerprint density at radius 1 is 1.00 bits per heavy atom. The smallest absolute Gasteiger partial charge is 0.256 e. The fourth-order valence-electron chi connectivity index (χ4n) is 4.22. The number of hydrogen-bond donors (Lipinski definition) is 0. The van der Waals surface area contributed by atoms with Crippen molar-refractivity contribution in [1.82, 2.24) is 14.4 Å². The number of aromatic nitrogens is 1. The van der Waals surface area contributed by atoms with Gasteiger partial charge in [-0.25, -0.2) is 4.39 Å². The van der Waals surface area contributed by atoms with Gasteiger partial charge in [-0.15, -0.1) is 0 Å². The molecule has 0 aliphatic carbocycles. The van der Waals surface area contributed by atoms with E-state index in [4.69, 9.17) is 0 Å². The number of likely N-dealkylation sites (N-methyl/N-ethyl adjacent to an activating group) is 1. The van der Waals surface area contributed by atoms with Crippen LogP contribution in [-0.2, 0) is 18.3 Å². The van der Waals surface area contributed by atoms with Crippen LogP contribution < -0.4 is 5.56 Å². The maximum atomic E-state index is 14.1. The van der Waals surface area contributed by atoms with Crippen LogP contribution in [0.2, 0.25) is 0 Å². The van der Waals surface area contributed by atoms with Gasteiger partial charge in [-0.1, -0.05) is 42.5 Å². The molecule has 1 unspecified atom stereocenters. The topological polar surface area (TPSA) is 62.6 Å². The van der Waals surface area contributed by atoms with Crippen LogP contribution in [-0.4, -0.2) is 51.9 Å². The third kappa shape index (κ3) is 4.58. The van der Waals surface area contributed by atoms with E-state index in [-0.39, 0.29) is 23.2 Å². The van der Waals surface area contributed by atoms with Gasteiger partial charge in [0.2, 0.25) is 11.5 Å². The fraction of sp³-hybridized carbons (Fsp3) is 0.269. The molecule has 1 aliphatic rings. The second kappa shape index (κ2) is 9.40. The van der Waals surface area contributed by atoms with Crippen LogP contribution in [0.5, 0.6) is 0 Å². The van der Waals surface area contributed by atoms with Crippen molar-refractivity contribution in [3.05, 3.63) is 94.2 Å². The van der Waals surface area contributed by atoms with Gasteiger partial charge in [0, 0.05) is 50.9 Å². The van der Waals surface area contributed by atoms with Gasteiger partial charge in [0.05, 0.1) is 5.56 Å². The first kappa shape index (κ1) is 22.5. The number of carbonyl (C=O) groups excluding carboxylic acids is 2. The largest absolute Gasteiger partial charge is 0.339 e. The second-order valence-electron chi connectivity index (χ2n) is 8.18. The van der Waals surface area contributed by atoms with Crippen LogP contribution in [0.1, 0.15) is 22.8 Å². The highest BCUT2D eigenvalue weighted by molar-refractivity contribution is 5.98. The van der Waals surface area contributed by atoms with Crippen LogP contribution in [0.15, 0.2) is 71.7 Å². The lowest BCUT2D eigenvalue weighted by atomic mass is 9.97. The highest BCUT2D eigenvalue weighted by Crippen LogP contribution is 2.24. The van der Waals surface area contributed by atoms with Crippen LogP contribution in [0.25, 0.3) is 11.1 Å². The standard InChI is InChI=1S/C26H26FN3O3/c1-3-29-14-15-30(25(32)20-12-13-24(31)28(2)17-20)23(26(29)33)16-18-8-10-19(11-9-18)21-6-4-5-7-22(21)27/h4-13,17,23H,3,14-16H2,1-2H3. The molecule has 1 fully saturated rings. The predicted molar refractivity (Wildman–Crippen MR) is 124 cm³/mol. The average molecular weight is 448 g/mol. The van der Waals surface area contributed by atoms with Crippen LogP contribution in [0, 0.1) is 5.82 Å². The van der Waals surface area contributed by atoms with Crippen LogP contribution in [0.3, 0.4) is 0 Å². The van der Waals surface area contributed by atoms with E-state index in [9.17, 15) is 18.8 Å². The molecule has 0 radical (unpaired) electrons. The van der Waals surface area contributed by atoms with Crippen molar-refractivity contribution in [3.63, 3.8) is 0 Å². The zero-order valence-electron chi connectivity index (χ0n) is 18.7. The zero-order chi connectivity index (χ0) is 23.5. The van der Waals surface area contributed by atoms with E-state index in [1.165, 1.54) is 29.0 Å². The molecule has 0 saturated carbocycles. The number of carbonyl (C=O) groups is 2. The monoisotopic (exact) mass is 447 g/mol. The summed E-state index contributed by atoms with van der Waals surface area (Å²) >= 11 is 0. The number of benzene rings is 2. The number of amides is 2. The number of piperazine rings is 1. The van der Waals surface area contributed by atoms with Crippen LogP contribution >= 0.6 is 0 Å². The van der Waals surface area contributed by atoms with Gasteiger partial charge in [-0.3, -0.25) is 14.4 Å². The first-order chi connectivity index (χ1) is 15.9. The van der Waals surface area contributed by atoms with E-state index in [2.05, 4.69) is 0 Å². The number of hydrogen-bond acceptors (Lipinski definition) is 3. The lowest BCUT2D eigenvalue weighted by molar-refractivity contribution is -0.139. The molecule has 2 aromatic carbocycles. The maximum absolute atomic E-state index is 14.1. The third-order valence-corrected chi connectivity index (χ3v) is 6.13. The molecule has 0 N–H and O–H groups in total. The molecule has 1 aliphatic heterocycles. The first-order valence-electron chi connectivity index (χ1n) is 11.0. The van der Waals surface area contributed by atoms with Crippen molar-refractivity contribution in [1.29, 1.82) is 0 Å². The van der Waals surface area contributed by atoms with Gasteiger partial charge in [-0.05, 0) is 30.2 Å². The van der Waals surface area contributed by atoms with Crippen LogP contribution in [0.4, 0.5) is 4.39 Å². The molecule has 2 heterocycles. The number of aryl methyl sites for hydroxylation is 1. The molecule has 6 nitrogen and oxygen atoms in total. The average Bonchev–Trinajstić information content (AvgIpc) is 2.82. The Labute approximate surface area is 191 Å². The number of pyridine rings is 1. The normalized spacial score (nSPS) is 16.2. The van der Waals surface area contributed by atoms with Crippen molar-refractivity contribution in [2.24, 2.45) is 7.05 Å². The molecule has 3 aromatic rings. The summed E-state index contributed by atoms with van der Waals surface area (Å²) in [7, 11) is 1.59. The molecule has 0 spiro atoms. The zero-order valence-corrected chi connectivity index (χ0v) is 18.7. The van der Waals surface area contributed by atoms with Gasteiger partial charge >= 0.3 is 0 Å². The lowest BCUT2D eigenvalue weighted by Crippen LogP contribution is -2.59. The molecule has 1 saturated heterocycles. The summed E-state index contributed by atoms with van der Waals surface area (Å²) in [4.78, 5) is 41.5.